The van der Waals surface area contributed by atoms with Gasteiger partial charge in [-0.3, -0.25) is 0 Å². The van der Waals surface area contributed by atoms with Crippen molar-refractivity contribution in [1.82, 2.24) is 15.1 Å². The van der Waals surface area contributed by atoms with Crippen LogP contribution in [-0.4, -0.2) is 45.5 Å². The molecule has 148 valence electrons. The number of aromatic nitrogens is 2. The Morgan fingerprint density at radius 3 is 2.96 bits per heavy atom. The van der Waals surface area contributed by atoms with Crippen molar-refractivity contribution in [2.75, 3.05) is 13.1 Å². The lowest BCUT2D eigenvalue weighted by atomic mass is 10.1. The molecular weight excluding hydrogens is 382 g/mol. The maximum atomic E-state index is 12.5. The number of halogens is 1. The molecule has 28 heavy (non-hydrogen) atoms. The van der Waals surface area contributed by atoms with E-state index >= 15 is 0 Å². The summed E-state index contributed by atoms with van der Waals surface area (Å²) >= 11 is 5.96. The predicted octanol–water partition coefficient (Wildman–Crippen LogP) is 3.67. The quantitative estimate of drug-likeness (QED) is 0.841. The van der Waals surface area contributed by atoms with Crippen molar-refractivity contribution in [3.05, 3.63) is 40.0 Å². The minimum Gasteiger partial charge on any atom is -0.434 e. The van der Waals surface area contributed by atoms with Gasteiger partial charge in [-0.25, -0.2) is 4.79 Å². The van der Waals surface area contributed by atoms with Crippen molar-refractivity contribution in [3.8, 4) is 17.4 Å². The van der Waals surface area contributed by atoms with Crippen molar-refractivity contribution < 1.29 is 19.4 Å². The molecule has 1 atom stereocenters. The summed E-state index contributed by atoms with van der Waals surface area (Å²) in [6.07, 6.45) is 3.35. The minimum absolute atomic E-state index is 0.0960. The average molecular weight is 404 g/mol. The van der Waals surface area contributed by atoms with Crippen LogP contribution in [0.4, 0.5) is 4.79 Å². The van der Waals surface area contributed by atoms with Crippen LogP contribution in [0.1, 0.15) is 36.0 Å². The van der Waals surface area contributed by atoms with Crippen LogP contribution in [0.5, 0.6) is 17.4 Å². The molecule has 0 bridgehead atoms. The molecule has 2 heterocycles. The topological polar surface area (TPSA) is 84.8 Å². The number of likely N-dealkylation sites (tertiary alicyclic amines) is 1. The standard InChI is InChI=1S/C20H22ClN3O4/c1-12-7-8-13-4-2-6-15(13)18(12)28-19-16(10-17(21)22-23-19)27-20(26)24-9-3-5-14(25)11-24/h7-8,10,14,25H,2-6,9,11H2,1H3. The van der Waals surface area contributed by atoms with E-state index < -0.39 is 12.2 Å². The molecule has 1 fully saturated rings. The van der Waals surface area contributed by atoms with Gasteiger partial charge >= 0.3 is 6.09 Å². The molecule has 4 rings (SSSR count). The summed E-state index contributed by atoms with van der Waals surface area (Å²) in [5.74, 6) is 0.941. The third-order valence-electron chi connectivity index (χ3n) is 5.18. The largest absolute Gasteiger partial charge is 0.434 e. The van der Waals surface area contributed by atoms with Crippen molar-refractivity contribution in [3.63, 3.8) is 0 Å². The molecule has 0 radical (unpaired) electrons. The van der Waals surface area contributed by atoms with Crippen molar-refractivity contribution >= 4 is 17.7 Å². The number of ether oxygens (including phenoxy) is 2. The number of β-amino-alcohol motifs (C(OH)–C–C–N with tert-alkyl or cyclic N) is 1. The van der Waals surface area contributed by atoms with E-state index in [9.17, 15) is 9.90 Å². The van der Waals surface area contributed by atoms with E-state index in [0.717, 1.165) is 42.6 Å². The number of rotatable bonds is 3. The van der Waals surface area contributed by atoms with E-state index in [1.165, 1.54) is 16.5 Å². The van der Waals surface area contributed by atoms with E-state index in [4.69, 9.17) is 21.1 Å². The molecule has 1 amide bonds. The SMILES string of the molecule is Cc1ccc2c(c1Oc1nnc(Cl)cc1OC(=O)N1CCCC(O)C1)CCC2. The first kappa shape index (κ1) is 19.0. The van der Waals surface area contributed by atoms with E-state index in [2.05, 4.69) is 16.3 Å². The molecule has 1 aromatic heterocycles. The van der Waals surface area contributed by atoms with Gasteiger partial charge < -0.3 is 19.5 Å². The first-order valence-electron chi connectivity index (χ1n) is 9.48. The lowest BCUT2D eigenvalue weighted by Gasteiger charge is -2.29. The van der Waals surface area contributed by atoms with Crippen LogP contribution < -0.4 is 9.47 Å². The highest BCUT2D eigenvalue weighted by Gasteiger charge is 2.26. The molecule has 0 spiro atoms. The summed E-state index contributed by atoms with van der Waals surface area (Å²) < 4.78 is 11.6. The summed E-state index contributed by atoms with van der Waals surface area (Å²) in [5, 5.41) is 17.7. The predicted molar refractivity (Wildman–Crippen MR) is 103 cm³/mol. The molecule has 1 aliphatic heterocycles. The van der Waals surface area contributed by atoms with Crippen LogP contribution >= 0.6 is 11.6 Å². The van der Waals surface area contributed by atoms with Crippen molar-refractivity contribution in [2.45, 2.75) is 45.1 Å². The van der Waals surface area contributed by atoms with Gasteiger partial charge in [-0.2, -0.15) is 0 Å². The zero-order valence-corrected chi connectivity index (χ0v) is 16.4. The maximum absolute atomic E-state index is 12.5. The van der Waals surface area contributed by atoms with Crippen LogP contribution in [0.2, 0.25) is 5.15 Å². The monoisotopic (exact) mass is 403 g/mol. The molecule has 0 saturated carbocycles. The van der Waals surface area contributed by atoms with Gasteiger partial charge in [0.15, 0.2) is 10.9 Å². The zero-order valence-electron chi connectivity index (χ0n) is 15.7. The highest BCUT2D eigenvalue weighted by atomic mass is 35.5. The van der Waals surface area contributed by atoms with E-state index in [-0.39, 0.29) is 23.3 Å². The highest BCUT2D eigenvalue weighted by molar-refractivity contribution is 6.29. The number of piperidine rings is 1. The Morgan fingerprint density at radius 2 is 2.14 bits per heavy atom. The zero-order chi connectivity index (χ0) is 19.7. The molecule has 1 aromatic carbocycles. The third-order valence-corrected chi connectivity index (χ3v) is 5.36. The highest BCUT2D eigenvalue weighted by Crippen LogP contribution is 2.38. The van der Waals surface area contributed by atoms with Gasteiger partial charge in [-0.05, 0) is 55.7 Å². The van der Waals surface area contributed by atoms with Gasteiger partial charge in [0.1, 0.15) is 5.75 Å². The second-order valence-corrected chi connectivity index (χ2v) is 7.64. The summed E-state index contributed by atoms with van der Waals surface area (Å²) in [6, 6.07) is 5.56. The molecule has 2 aliphatic rings. The fourth-order valence-electron chi connectivity index (χ4n) is 3.75. The number of aliphatic hydroxyl groups is 1. The van der Waals surface area contributed by atoms with Crippen LogP contribution in [-0.2, 0) is 12.8 Å². The number of hydrogen-bond acceptors (Lipinski definition) is 6. The Bertz CT molecular complexity index is 905. The molecule has 1 N–H and O–H groups in total. The third kappa shape index (κ3) is 3.91. The van der Waals surface area contributed by atoms with Gasteiger partial charge in [-0.15, -0.1) is 10.2 Å². The van der Waals surface area contributed by atoms with Crippen molar-refractivity contribution in [2.24, 2.45) is 0 Å². The second-order valence-electron chi connectivity index (χ2n) is 7.25. The normalized spacial score (nSPS) is 18.7. The summed E-state index contributed by atoms with van der Waals surface area (Å²) in [6.45, 7) is 2.74. The van der Waals surface area contributed by atoms with Crippen LogP contribution in [0, 0.1) is 6.92 Å². The Hall–Kier alpha value is -2.38. The minimum atomic E-state index is -0.567. The summed E-state index contributed by atoms with van der Waals surface area (Å²) in [4.78, 5) is 14.0. The molecule has 8 heteroatoms. The molecule has 2 aromatic rings. The van der Waals surface area contributed by atoms with Gasteiger partial charge in [0.2, 0.25) is 0 Å². The van der Waals surface area contributed by atoms with E-state index in [1.54, 1.807) is 0 Å². The number of carbonyl (C=O) groups excluding carboxylic acids is 1. The Labute approximate surface area is 168 Å². The van der Waals surface area contributed by atoms with E-state index in [0.29, 0.717) is 13.0 Å². The number of nitrogens with zero attached hydrogens (tertiary/aromatic N) is 3. The van der Waals surface area contributed by atoms with E-state index in [1.807, 2.05) is 13.0 Å². The number of aliphatic hydroxyl groups excluding tert-OH is 1. The van der Waals surface area contributed by atoms with Gasteiger partial charge in [0.05, 0.1) is 6.10 Å². The summed E-state index contributed by atoms with van der Waals surface area (Å²) in [7, 11) is 0. The number of amides is 1. The molecule has 1 saturated heterocycles. The Balaban J connectivity index is 1.59. The fraction of sp³-hybridized carbons (Fsp3) is 0.450. The van der Waals surface area contributed by atoms with Crippen LogP contribution in [0.15, 0.2) is 18.2 Å². The molecule has 7 nitrogen and oxygen atoms in total. The number of aryl methyl sites for hydroxylation is 2. The molecule has 1 unspecified atom stereocenters. The first-order valence-corrected chi connectivity index (χ1v) is 9.86. The smallest absolute Gasteiger partial charge is 0.415 e. The number of benzene rings is 1. The number of fused-ring (bicyclic) bond motifs is 1. The van der Waals surface area contributed by atoms with Gasteiger partial charge in [-0.1, -0.05) is 23.7 Å². The summed E-state index contributed by atoms with van der Waals surface area (Å²) in [5.41, 5.74) is 3.41. The van der Waals surface area contributed by atoms with Crippen molar-refractivity contribution in [1.29, 1.82) is 0 Å². The average Bonchev–Trinajstić information content (AvgIpc) is 3.14. The maximum Gasteiger partial charge on any atom is 0.415 e. The van der Waals surface area contributed by atoms with Gasteiger partial charge in [0, 0.05) is 19.2 Å². The fourth-order valence-corrected chi connectivity index (χ4v) is 3.89. The number of hydrogen-bond donors (Lipinski definition) is 1. The lowest BCUT2D eigenvalue weighted by molar-refractivity contribution is 0.0687. The van der Waals surface area contributed by atoms with Gasteiger partial charge in [0.25, 0.3) is 5.88 Å². The Morgan fingerprint density at radius 1 is 1.29 bits per heavy atom. The second kappa shape index (κ2) is 7.93. The number of carbonyl (C=O) groups is 1. The molecule has 1 aliphatic carbocycles. The Kier molecular flexibility index (Phi) is 5.37. The van der Waals surface area contributed by atoms with Crippen LogP contribution in [0.25, 0.3) is 0 Å². The van der Waals surface area contributed by atoms with Crippen LogP contribution in [0.3, 0.4) is 0 Å². The molecular formula is C20H22ClN3O4. The lowest BCUT2D eigenvalue weighted by Crippen LogP contribution is -2.43. The first-order chi connectivity index (χ1) is 13.5.